The summed E-state index contributed by atoms with van der Waals surface area (Å²) < 4.78 is 62.6. The van der Waals surface area contributed by atoms with Crippen LogP contribution in [0.1, 0.15) is 0 Å². The van der Waals surface area contributed by atoms with E-state index >= 15 is 0 Å². The van der Waals surface area contributed by atoms with E-state index in [9.17, 15) is 21.2 Å². The average Bonchev–Trinajstić information content (AvgIpc) is 2.38. The molecule has 0 aromatic heterocycles. The summed E-state index contributed by atoms with van der Waals surface area (Å²) in [6, 6.07) is 9.93. The SMILES string of the molecule is NS(=O)(=O)c1ccccc1NS(=O)(=O)c1ccccc1F. The van der Waals surface area contributed by atoms with Gasteiger partial charge in [-0.3, -0.25) is 4.72 Å². The molecule has 0 saturated heterocycles. The van der Waals surface area contributed by atoms with Gasteiger partial charge in [-0.05, 0) is 24.3 Å². The van der Waals surface area contributed by atoms with E-state index in [1.54, 1.807) is 0 Å². The Morgan fingerprint density at radius 1 is 0.857 bits per heavy atom. The molecule has 0 aliphatic rings. The largest absolute Gasteiger partial charge is 0.278 e. The molecule has 0 heterocycles. The first-order chi connectivity index (χ1) is 9.72. The smallest absolute Gasteiger partial charge is 0.264 e. The first kappa shape index (κ1) is 15.4. The topological polar surface area (TPSA) is 106 Å². The van der Waals surface area contributed by atoms with Crippen LogP contribution in [0.4, 0.5) is 10.1 Å². The van der Waals surface area contributed by atoms with Crippen LogP contribution in [0, 0.1) is 5.82 Å². The van der Waals surface area contributed by atoms with E-state index in [2.05, 4.69) is 0 Å². The van der Waals surface area contributed by atoms with Gasteiger partial charge < -0.3 is 0 Å². The van der Waals surface area contributed by atoms with Gasteiger partial charge in [-0.2, -0.15) is 0 Å². The number of anilines is 1. The zero-order valence-electron chi connectivity index (χ0n) is 10.5. The molecule has 9 heteroatoms. The summed E-state index contributed by atoms with van der Waals surface area (Å²) in [5.41, 5.74) is -0.247. The lowest BCUT2D eigenvalue weighted by Crippen LogP contribution is -2.19. The number of hydrogen-bond donors (Lipinski definition) is 2. The zero-order valence-corrected chi connectivity index (χ0v) is 12.2. The maximum atomic E-state index is 13.6. The lowest BCUT2D eigenvalue weighted by Gasteiger charge is -2.11. The minimum Gasteiger partial charge on any atom is -0.278 e. The number of para-hydroxylation sites is 1. The van der Waals surface area contributed by atoms with Crippen molar-refractivity contribution < 1.29 is 21.2 Å². The average molecular weight is 330 g/mol. The van der Waals surface area contributed by atoms with Crippen molar-refractivity contribution in [2.45, 2.75) is 9.79 Å². The van der Waals surface area contributed by atoms with Crippen molar-refractivity contribution in [1.29, 1.82) is 0 Å². The summed E-state index contributed by atoms with van der Waals surface area (Å²) in [4.78, 5) is -0.987. The van der Waals surface area contributed by atoms with Crippen LogP contribution in [0.25, 0.3) is 0 Å². The number of nitrogens with two attached hydrogens (primary N) is 1. The van der Waals surface area contributed by atoms with E-state index in [1.807, 2.05) is 4.72 Å². The fourth-order valence-electron chi connectivity index (χ4n) is 1.66. The standard InChI is InChI=1S/C12H11FN2O4S2/c13-9-5-1-3-7-11(9)21(18,19)15-10-6-2-4-8-12(10)20(14,16)17/h1-8,15H,(H2,14,16,17). The fourth-order valence-corrected chi connectivity index (χ4v) is 3.58. The fraction of sp³-hybridized carbons (Fsp3) is 0. The molecule has 3 N–H and O–H groups in total. The predicted octanol–water partition coefficient (Wildman–Crippen LogP) is 1.27. The second-order valence-electron chi connectivity index (χ2n) is 4.08. The minimum atomic E-state index is -4.27. The van der Waals surface area contributed by atoms with Gasteiger partial charge in [0.2, 0.25) is 10.0 Å². The van der Waals surface area contributed by atoms with Crippen molar-refractivity contribution in [3.8, 4) is 0 Å². The second kappa shape index (κ2) is 5.43. The van der Waals surface area contributed by atoms with Crippen LogP contribution in [0.15, 0.2) is 58.3 Å². The Bertz CT molecular complexity index is 880. The summed E-state index contributed by atoms with van der Waals surface area (Å²) >= 11 is 0. The number of nitrogens with one attached hydrogen (secondary N) is 1. The third-order valence-electron chi connectivity index (χ3n) is 2.56. The Labute approximate surface area is 121 Å². The highest BCUT2D eigenvalue weighted by molar-refractivity contribution is 7.93. The quantitative estimate of drug-likeness (QED) is 0.880. The van der Waals surface area contributed by atoms with Crippen LogP contribution in [-0.2, 0) is 20.0 Å². The summed E-state index contributed by atoms with van der Waals surface area (Å²) in [5.74, 6) is -0.946. The van der Waals surface area contributed by atoms with Gasteiger partial charge in [0.05, 0.1) is 5.69 Å². The number of hydrogen-bond acceptors (Lipinski definition) is 4. The van der Waals surface area contributed by atoms with Crippen molar-refractivity contribution in [2.75, 3.05) is 4.72 Å². The number of rotatable bonds is 4. The summed E-state index contributed by atoms with van der Waals surface area (Å²) in [6.07, 6.45) is 0. The summed E-state index contributed by atoms with van der Waals surface area (Å²) in [5, 5.41) is 5.01. The van der Waals surface area contributed by atoms with Crippen LogP contribution >= 0.6 is 0 Å². The van der Waals surface area contributed by atoms with Crippen LogP contribution in [0.2, 0.25) is 0 Å². The molecule has 2 aromatic carbocycles. The molecule has 0 unspecified atom stereocenters. The van der Waals surface area contributed by atoms with E-state index in [4.69, 9.17) is 5.14 Å². The maximum Gasteiger partial charge on any atom is 0.264 e. The van der Waals surface area contributed by atoms with Crippen LogP contribution < -0.4 is 9.86 Å². The van der Waals surface area contributed by atoms with Gasteiger partial charge in [-0.1, -0.05) is 24.3 Å². The molecule has 112 valence electrons. The van der Waals surface area contributed by atoms with Gasteiger partial charge in [0, 0.05) is 0 Å². The number of sulfonamides is 2. The van der Waals surface area contributed by atoms with Crippen molar-refractivity contribution in [3.63, 3.8) is 0 Å². The molecule has 0 bridgehead atoms. The van der Waals surface area contributed by atoms with Crippen LogP contribution in [0.3, 0.4) is 0 Å². The van der Waals surface area contributed by atoms with Gasteiger partial charge >= 0.3 is 0 Å². The molecule has 6 nitrogen and oxygen atoms in total. The normalized spacial score (nSPS) is 12.1. The van der Waals surface area contributed by atoms with E-state index in [0.29, 0.717) is 0 Å². The number of benzene rings is 2. The van der Waals surface area contributed by atoms with Gasteiger partial charge in [0.1, 0.15) is 15.6 Å². The molecule has 0 spiro atoms. The molecule has 21 heavy (non-hydrogen) atoms. The van der Waals surface area contributed by atoms with Gasteiger partial charge in [-0.25, -0.2) is 26.4 Å². The molecule has 0 aliphatic heterocycles. The molecule has 0 aliphatic carbocycles. The van der Waals surface area contributed by atoms with Crippen molar-refractivity contribution >= 4 is 25.7 Å². The van der Waals surface area contributed by atoms with Crippen LogP contribution in [-0.4, -0.2) is 16.8 Å². The molecule has 0 saturated carbocycles. The van der Waals surface area contributed by atoms with Gasteiger partial charge in [0.25, 0.3) is 10.0 Å². The molecule has 0 radical (unpaired) electrons. The zero-order chi connectivity index (χ0) is 15.7. The molecular formula is C12H11FN2O4S2. The molecule has 0 amide bonds. The van der Waals surface area contributed by atoms with Crippen molar-refractivity contribution in [1.82, 2.24) is 0 Å². The van der Waals surface area contributed by atoms with E-state index in [-0.39, 0.29) is 5.69 Å². The third-order valence-corrected chi connectivity index (χ3v) is 4.93. The second-order valence-corrected chi connectivity index (χ2v) is 7.26. The highest BCUT2D eigenvalue weighted by Crippen LogP contribution is 2.23. The Morgan fingerprint density at radius 3 is 1.95 bits per heavy atom. The lowest BCUT2D eigenvalue weighted by atomic mass is 10.3. The number of primary sulfonamides is 1. The Hall–Kier alpha value is -1.97. The number of halogens is 1. The van der Waals surface area contributed by atoms with Crippen molar-refractivity contribution in [3.05, 3.63) is 54.3 Å². The Kier molecular flexibility index (Phi) is 3.99. The Balaban J connectivity index is 2.51. The first-order valence-corrected chi connectivity index (χ1v) is 8.64. The van der Waals surface area contributed by atoms with Gasteiger partial charge in [0.15, 0.2) is 0 Å². The van der Waals surface area contributed by atoms with E-state index in [0.717, 1.165) is 18.2 Å². The highest BCUT2D eigenvalue weighted by Gasteiger charge is 2.22. The van der Waals surface area contributed by atoms with E-state index < -0.39 is 35.7 Å². The predicted molar refractivity (Wildman–Crippen MR) is 75.0 cm³/mol. The molecule has 0 fully saturated rings. The van der Waals surface area contributed by atoms with Crippen LogP contribution in [0.5, 0.6) is 0 Å². The highest BCUT2D eigenvalue weighted by atomic mass is 32.2. The van der Waals surface area contributed by atoms with E-state index in [1.165, 1.54) is 30.3 Å². The van der Waals surface area contributed by atoms with Crippen molar-refractivity contribution in [2.24, 2.45) is 5.14 Å². The third kappa shape index (κ3) is 3.38. The maximum absolute atomic E-state index is 13.6. The lowest BCUT2D eigenvalue weighted by molar-refractivity contribution is 0.570. The van der Waals surface area contributed by atoms with Gasteiger partial charge in [-0.15, -0.1) is 0 Å². The molecule has 2 aromatic rings. The summed E-state index contributed by atoms with van der Waals surface area (Å²) in [6.45, 7) is 0. The monoisotopic (exact) mass is 330 g/mol. The summed E-state index contributed by atoms with van der Waals surface area (Å²) in [7, 11) is -8.39. The molecule has 2 rings (SSSR count). The minimum absolute atomic E-state index is 0.247. The first-order valence-electron chi connectivity index (χ1n) is 5.61. The molecular weight excluding hydrogens is 319 g/mol. The Morgan fingerprint density at radius 2 is 1.38 bits per heavy atom. The molecule has 0 atom stereocenters.